The summed E-state index contributed by atoms with van der Waals surface area (Å²) < 4.78 is 37.9. The van der Waals surface area contributed by atoms with Gasteiger partial charge in [0.2, 0.25) is 0 Å². The zero-order chi connectivity index (χ0) is 12.6. The highest BCUT2D eigenvalue weighted by atomic mass is 32.2. The minimum atomic E-state index is -3.37. The van der Waals surface area contributed by atoms with Gasteiger partial charge in [0.1, 0.15) is 9.81 Å². The second-order valence-electron chi connectivity index (χ2n) is 4.60. The quantitative estimate of drug-likeness (QED) is 0.812. The standard InChI is InChI=1S/C11H15NO4S2/c13-18(14,10-2-1-7-17-10)12-4-6-16-11(8-12)3-5-15-9-11/h1-2,7H,3-6,8-9H2/t11-/m1/s1. The number of hydrogen-bond donors (Lipinski definition) is 0. The van der Waals surface area contributed by atoms with Gasteiger partial charge in [-0.15, -0.1) is 11.3 Å². The first kappa shape index (κ1) is 12.6. The number of ether oxygens (including phenoxy) is 2. The molecule has 3 rings (SSSR count). The molecule has 0 amide bonds. The van der Waals surface area contributed by atoms with Crippen LogP contribution in [-0.2, 0) is 19.5 Å². The topological polar surface area (TPSA) is 55.8 Å². The molecule has 18 heavy (non-hydrogen) atoms. The van der Waals surface area contributed by atoms with Gasteiger partial charge in [0, 0.05) is 26.1 Å². The molecule has 7 heteroatoms. The summed E-state index contributed by atoms with van der Waals surface area (Å²) in [5, 5.41) is 1.78. The van der Waals surface area contributed by atoms with E-state index in [9.17, 15) is 8.42 Å². The predicted octanol–water partition coefficient (Wildman–Crippen LogP) is 0.928. The molecular formula is C11H15NO4S2. The number of hydrogen-bond acceptors (Lipinski definition) is 5. The van der Waals surface area contributed by atoms with Gasteiger partial charge in [0.25, 0.3) is 10.0 Å². The lowest BCUT2D eigenvalue weighted by Crippen LogP contribution is -2.53. The van der Waals surface area contributed by atoms with E-state index in [1.54, 1.807) is 17.5 Å². The third-order valence-electron chi connectivity index (χ3n) is 3.37. The van der Waals surface area contributed by atoms with Crippen molar-refractivity contribution < 1.29 is 17.9 Å². The SMILES string of the molecule is O=S(=O)(c1cccs1)N1CCO[C@]2(CCOC2)C1. The summed E-state index contributed by atoms with van der Waals surface area (Å²) in [5.41, 5.74) is -0.428. The van der Waals surface area contributed by atoms with E-state index in [4.69, 9.17) is 9.47 Å². The molecule has 0 unspecified atom stereocenters. The average molecular weight is 289 g/mol. The van der Waals surface area contributed by atoms with Gasteiger partial charge < -0.3 is 9.47 Å². The van der Waals surface area contributed by atoms with Gasteiger partial charge in [0.15, 0.2) is 0 Å². The van der Waals surface area contributed by atoms with Crippen LogP contribution in [0.2, 0.25) is 0 Å². The minimum Gasteiger partial charge on any atom is -0.378 e. The van der Waals surface area contributed by atoms with Crippen LogP contribution in [0.15, 0.2) is 21.7 Å². The van der Waals surface area contributed by atoms with E-state index in [0.29, 0.717) is 37.1 Å². The first-order chi connectivity index (χ1) is 8.62. The van der Waals surface area contributed by atoms with Crippen LogP contribution < -0.4 is 0 Å². The lowest BCUT2D eigenvalue weighted by molar-refractivity contribution is -0.0897. The molecule has 1 aromatic heterocycles. The molecule has 2 aliphatic heterocycles. The van der Waals surface area contributed by atoms with Gasteiger partial charge in [-0.05, 0) is 11.4 Å². The molecule has 0 radical (unpaired) electrons. The predicted molar refractivity (Wildman–Crippen MR) is 67.2 cm³/mol. The Balaban J connectivity index is 1.84. The van der Waals surface area contributed by atoms with Gasteiger partial charge in [-0.3, -0.25) is 0 Å². The van der Waals surface area contributed by atoms with Gasteiger partial charge in [-0.25, -0.2) is 8.42 Å². The Morgan fingerprint density at radius 3 is 2.94 bits per heavy atom. The van der Waals surface area contributed by atoms with E-state index in [1.807, 2.05) is 0 Å². The first-order valence-electron chi connectivity index (χ1n) is 5.88. The molecule has 0 saturated carbocycles. The number of rotatable bonds is 2. The molecule has 1 spiro atoms. The zero-order valence-corrected chi connectivity index (χ0v) is 11.5. The van der Waals surface area contributed by atoms with E-state index < -0.39 is 15.6 Å². The van der Waals surface area contributed by atoms with Crippen molar-refractivity contribution in [1.29, 1.82) is 0 Å². The maximum absolute atomic E-state index is 12.4. The molecule has 0 aliphatic carbocycles. The fourth-order valence-electron chi connectivity index (χ4n) is 2.38. The molecule has 1 atom stereocenters. The van der Waals surface area contributed by atoms with Gasteiger partial charge >= 0.3 is 0 Å². The van der Waals surface area contributed by atoms with Gasteiger partial charge in [-0.2, -0.15) is 4.31 Å². The normalized spacial score (nSPS) is 30.0. The van der Waals surface area contributed by atoms with Crippen LogP contribution in [0.4, 0.5) is 0 Å². The Morgan fingerprint density at radius 1 is 1.39 bits per heavy atom. The summed E-state index contributed by atoms with van der Waals surface area (Å²) in [5.74, 6) is 0. The fraction of sp³-hybridized carbons (Fsp3) is 0.636. The van der Waals surface area contributed by atoms with Crippen LogP contribution in [0.25, 0.3) is 0 Å². The van der Waals surface area contributed by atoms with Crippen LogP contribution in [0.5, 0.6) is 0 Å². The Hall–Kier alpha value is -0.470. The number of nitrogens with zero attached hydrogens (tertiary/aromatic N) is 1. The van der Waals surface area contributed by atoms with Crippen LogP contribution in [0.1, 0.15) is 6.42 Å². The summed E-state index contributed by atoms with van der Waals surface area (Å²) >= 11 is 1.25. The fourth-order valence-corrected chi connectivity index (χ4v) is 5.02. The summed E-state index contributed by atoms with van der Waals surface area (Å²) in [4.78, 5) is 0. The molecule has 2 aliphatic rings. The summed E-state index contributed by atoms with van der Waals surface area (Å²) in [6, 6.07) is 3.40. The Morgan fingerprint density at radius 2 is 2.28 bits per heavy atom. The third-order valence-corrected chi connectivity index (χ3v) is 6.59. The van der Waals surface area contributed by atoms with Crippen molar-refractivity contribution >= 4 is 21.4 Å². The molecule has 3 heterocycles. The van der Waals surface area contributed by atoms with Crippen molar-refractivity contribution in [2.75, 3.05) is 32.9 Å². The second kappa shape index (κ2) is 4.57. The van der Waals surface area contributed by atoms with Crippen molar-refractivity contribution in [2.24, 2.45) is 0 Å². The smallest absolute Gasteiger partial charge is 0.252 e. The molecule has 1 aromatic rings. The molecule has 100 valence electrons. The van der Waals surface area contributed by atoms with E-state index in [1.165, 1.54) is 15.6 Å². The average Bonchev–Trinajstić information content (AvgIpc) is 3.01. The second-order valence-corrected chi connectivity index (χ2v) is 7.72. The molecule has 5 nitrogen and oxygen atoms in total. The highest BCUT2D eigenvalue weighted by Crippen LogP contribution is 2.31. The van der Waals surface area contributed by atoms with E-state index >= 15 is 0 Å². The lowest BCUT2D eigenvalue weighted by atomic mass is 10.0. The third kappa shape index (κ3) is 2.10. The van der Waals surface area contributed by atoms with Crippen molar-refractivity contribution in [3.63, 3.8) is 0 Å². The van der Waals surface area contributed by atoms with E-state index in [2.05, 4.69) is 0 Å². The van der Waals surface area contributed by atoms with Crippen molar-refractivity contribution in [3.05, 3.63) is 17.5 Å². The Bertz CT molecular complexity index is 505. The van der Waals surface area contributed by atoms with Crippen LogP contribution in [0, 0.1) is 0 Å². The summed E-state index contributed by atoms with van der Waals surface area (Å²) in [7, 11) is -3.37. The molecular weight excluding hydrogens is 274 g/mol. The van der Waals surface area contributed by atoms with Crippen molar-refractivity contribution in [1.82, 2.24) is 4.31 Å². The van der Waals surface area contributed by atoms with Crippen molar-refractivity contribution in [3.8, 4) is 0 Å². The van der Waals surface area contributed by atoms with E-state index in [0.717, 1.165) is 6.42 Å². The Kier molecular flexibility index (Phi) is 3.19. The molecule has 2 fully saturated rings. The number of sulfonamides is 1. The van der Waals surface area contributed by atoms with Gasteiger partial charge in [0.05, 0.1) is 13.2 Å². The molecule has 2 saturated heterocycles. The van der Waals surface area contributed by atoms with Gasteiger partial charge in [-0.1, -0.05) is 6.07 Å². The maximum Gasteiger partial charge on any atom is 0.252 e. The monoisotopic (exact) mass is 289 g/mol. The Labute approximate surface area is 110 Å². The van der Waals surface area contributed by atoms with Crippen molar-refractivity contribution in [2.45, 2.75) is 16.2 Å². The zero-order valence-electron chi connectivity index (χ0n) is 9.87. The highest BCUT2D eigenvalue weighted by molar-refractivity contribution is 7.91. The van der Waals surface area contributed by atoms with Crippen LogP contribution >= 0.6 is 11.3 Å². The summed E-state index contributed by atoms with van der Waals surface area (Å²) in [6.07, 6.45) is 0.767. The number of thiophene rings is 1. The lowest BCUT2D eigenvalue weighted by Gasteiger charge is -2.38. The minimum absolute atomic E-state index is 0.396. The molecule has 0 N–H and O–H groups in total. The largest absolute Gasteiger partial charge is 0.378 e. The maximum atomic E-state index is 12.4. The molecule has 0 bridgehead atoms. The summed E-state index contributed by atoms with van der Waals surface area (Å²) in [6.45, 7) is 2.39. The molecule has 0 aromatic carbocycles. The van der Waals surface area contributed by atoms with Crippen LogP contribution in [-0.4, -0.2) is 51.2 Å². The highest BCUT2D eigenvalue weighted by Gasteiger charge is 2.44. The van der Waals surface area contributed by atoms with E-state index in [-0.39, 0.29) is 0 Å². The first-order valence-corrected chi connectivity index (χ1v) is 8.20. The van der Waals surface area contributed by atoms with Crippen LogP contribution in [0.3, 0.4) is 0 Å². The number of morpholine rings is 1.